The Hall–Kier alpha value is -2.13. The second-order valence-electron chi connectivity index (χ2n) is 8.78. The summed E-state index contributed by atoms with van der Waals surface area (Å²) in [5.74, 6) is 0.0291. The maximum absolute atomic E-state index is 13.2. The monoisotopic (exact) mass is 378 g/mol. The van der Waals surface area contributed by atoms with Crippen molar-refractivity contribution in [3.8, 4) is 0 Å². The van der Waals surface area contributed by atoms with Crippen LogP contribution in [0.4, 0.5) is 0 Å². The van der Waals surface area contributed by atoms with Gasteiger partial charge in [0.05, 0.1) is 32.8 Å². The highest BCUT2D eigenvalue weighted by molar-refractivity contribution is 5.82. The fraction of sp³-hybridized carbons (Fsp3) is 0.480. The molecule has 0 aliphatic carbocycles. The van der Waals surface area contributed by atoms with Gasteiger partial charge in [-0.1, -0.05) is 60.7 Å². The largest absolute Gasteiger partial charge is 0.464 e. The number of hydrogen-bond acceptors (Lipinski definition) is 2. The van der Waals surface area contributed by atoms with Crippen molar-refractivity contribution in [2.24, 2.45) is 5.92 Å². The lowest BCUT2D eigenvalue weighted by atomic mass is 9.82. The molecule has 0 spiro atoms. The number of carbonyl (C=O) groups excluding carboxylic acids is 1. The van der Waals surface area contributed by atoms with Crippen LogP contribution in [-0.4, -0.2) is 43.2 Å². The first kappa shape index (κ1) is 19.2. The Bertz CT molecular complexity index is 732. The van der Waals surface area contributed by atoms with E-state index in [2.05, 4.69) is 7.05 Å². The predicted molar refractivity (Wildman–Crippen MR) is 112 cm³/mol. The third kappa shape index (κ3) is 4.00. The van der Waals surface area contributed by atoms with E-state index in [1.807, 2.05) is 60.7 Å². The summed E-state index contributed by atoms with van der Waals surface area (Å²) in [6, 6.07) is 20.7. The van der Waals surface area contributed by atoms with Crippen molar-refractivity contribution in [3.05, 3.63) is 71.8 Å². The molecule has 0 bridgehead atoms. The van der Waals surface area contributed by atoms with Crippen molar-refractivity contribution < 1.29 is 14.0 Å². The second kappa shape index (κ2) is 8.48. The average Bonchev–Trinajstić information content (AvgIpc) is 2.73. The molecule has 0 saturated carbocycles. The number of fused-ring (bicyclic) bond motifs is 1. The number of benzene rings is 2. The third-order valence-electron chi connectivity index (χ3n) is 6.95. The third-order valence-corrected chi connectivity index (χ3v) is 6.95. The van der Waals surface area contributed by atoms with Crippen LogP contribution in [0.5, 0.6) is 0 Å². The van der Waals surface area contributed by atoms with Gasteiger partial charge in [0.25, 0.3) is 0 Å². The van der Waals surface area contributed by atoms with E-state index < -0.39 is 0 Å². The van der Waals surface area contributed by atoms with Gasteiger partial charge in [-0.05, 0) is 36.8 Å². The molecule has 2 aromatic carbocycles. The van der Waals surface area contributed by atoms with E-state index in [4.69, 9.17) is 4.74 Å². The summed E-state index contributed by atoms with van der Waals surface area (Å²) in [5, 5.41) is 0. The summed E-state index contributed by atoms with van der Waals surface area (Å²) in [5.41, 5.74) is 2.00. The van der Waals surface area contributed by atoms with Crippen molar-refractivity contribution in [3.63, 3.8) is 0 Å². The van der Waals surface area contributed by atoms with Crippen LogP contribution in [0.2, 0.25) is 0 Å². The van der Waals surface area contributed by atoms with Crippen LogP contribution in [0.15, 0.2) is 60.7 Å². The minimum atomic E-state index is -0.349. The molecule has 0 unspecified atom stereocenters. The van der Waals surface area contributed by atoms with Gasteiger partial charge < -0.3 is 9.22 Å². The number of ether oxygens (including phenoxy) is 1. The SMILES string of the molecule is C[N@+]12CCCC[C@@H]1[C@H](COC(=O)C(c1ccccc1)c1ccccc1)CCC2. The van der Waals surface area contributed by atoms with Crippen molar-refractivity contribution in [1.82, 2.24) is 0 Å². The molecular weight excluding hydrogens is 346 g/mol. The fourth-order valence-electron chi connectivity index (χ4n) is 5.46. The zero-order valence-electron chi connectivity index (χ0n) is 16.9. The smallest absolute Gasteiger partial charge is 0.317 e. The summed E-state index contributed by atoms with van der Waals surface area (Å²) in [7, 11) is 2.41. The van der Waals surface area contributed by atoms with Gasteiger partial charge in [-0.2, -0.15) is 0 Å². The van der Waals surface area contributed by atoms with E-state index in [1.165, 1.54) is 49.7 Å². The van der Waals surface area contributed by atoms with Gasteiger partial charge in [0, 0.05) is 12.3 Å². The molecule has 2 fully saturated rings. The highest BCUT2D eigenvalue weighted by atomic mass is 16.5. The molecule has 2 aliphatic rings. The number of esters is 1. The lowest BCUT2D eigenvalue weighted by Gasteiger charge is -2.51. The number of hydrogen-bond donors (Lipinski definition) is 0. The van der Waals surface area contributed by atoms with E-state index in [9.17, 15) is 4.79 Å². The van der Waals surface area contributed by atoms with Crippen LogP contribution in [0.25, 0.3) is 0 Å². The zero-order chi connectivity index (χ0) is 19.4. The van der Waals surface area contributed by atoms with Gasteiger partial charge in [0.2, 0.25) is 0 Å². The molecule has 0 aromatic heterocycles. The van der Waals surface area contributed by atoms with E-state index in [-0.39, 0.29) is 11.9 Å². The number of piperidine rings is 2. The fourth-order valence-corrected chi connectivity index (χ4v) is 5.46. The number of rotatable bonds is 5. The quantitative estimate of drug-likeness (QED) is 0.553. The standard InChI is InChI=1S/C25H32NO2/c1-26-17-9-8-16-23(26)22(15-10-18-26)19-28-25(27)24(20-11-4-2-5-12-20)21-13-6-3-7-14-21/h2-7,11-14,22-24H,8-10,15-19H2,1H3/q+1/t22-,23+,26+/m0/s1. The topological polar surface area (TPSA) is 26.3 Å². The summed E-state index contributed by atoms with van der Waals surface area (Å²) in [4.78, 5) is 13.2. The summed E-state index contributed by atoms with van der Waals surface area (Å²) < 4.78 is 7.18. The Morgan fingerprint density at radius 3 is 2.18 bits per heavy atom. The average molecular weight is 379 g/mol. The number of nitrogens with zero attached hydrogens (tertiary/aromatic N) is 1. The Balaban J connectivity index is 1.49. The molecule has 0 amide bonds. The normalized spacial score (nSPS) is 27.2. The predicted octanol–water partition coefficient (Wildman–Crippen LogP) is 4.77. The molecule has 0 radical (unpaired) electrons. The first-order chi connectivity index (χ1) is 13.7. The van der Waals surface area contributed by atoms with Crippen molar-refractivity contribution >= 4 is 5.97 Å². The summed E-state index contributed by atoms with van der Waals surface area (Å²) >= 11 is 0. The van der Waals surface area contributed by atoms with E-state index in [1.54, 1.807) is 0 Å². The maximum atomic E-state index is 13.2. The zero-order valence-corrected chi connectivity index (χ0v) is 16.9. The van der Waals surface area contributed by atoms with Gasteiger partial charge in [0.1, 0.15) is 5.92 Å². The van der Waals surface area contributed by atoms with Crippen molar-refractivity contribution in [2.75, 3.05) is 26.7 Å². The van der Waals surface area contributed by atoms with Gasteiger partial charge in [-0.25, -0.2) is 0 Å². The van der Waals surface area contributed by atoms with Crippen molar-refractivity contribution in [2.45, 2.75) is 44.1 Å². The van der Waals surface area contributed by atoms with Crippen LogP contribution in [-0.2, 0) is 9.53 Å². The van der Waals surface area contributed by atoms with E-state index in [0.29, 0.717) is 18.6 Å². The highest BCUT2D eigenvalue weighted by Gasteiger charge is 2.44. The number of carbonyl (C=O) groups is 1. The molecule has 2 saturated heterocycles. The molecule has 2 aromatic rings. The highest BCUT2D eigenvalue weighted by Crippen LogP contribution is 2.36. The molecule has 28 heavy (non-hydrogen) atoms. The Labute approximate surface area is 168 Å². The molecule has 2 aliphatic heterocycles. The molecular formula is C25H32NO2+. The Kier molecular flexibility index (Phi) is 5.82. The molecule has 148 valence electrons. The van der Waals surface area contributed by atoms with Gasteiger partial charge >= 0.3 is 5.97 Å². The van der Waals surface area contributed by atoms with Crippen LogP contribution in [0.1, 0.15) is 49.1 Å². The van der Waals surface area contributed by atoms with Crippen LogP contribution in [0, 0.1) is 5.92 Å². The van der Waals surface area contributed by atoms with E-state index in [0.717, 1.165) is 11.1 Å². The van der Waals surface area contributed by atoms with Gasteiger partial charge in [-0.3, -0.25) is 4.79 Å². The minimum absolute atomic E-state index is 0.118. The summed E-state index contributed by atoms with van der Waals surface area (Å²) in [6.45, 7) is 3.13. The lowest BCUT2D eigenvalue weighted by Crippen LogP contribution is -2.61. The molecule has 4 rings (SSSR count). The summed E-state index contributed by atoms with van der Waals surface area (Å²) in [6.07, 6.45) is 6.37. The first-order valence-electron chi connectivity index (χ1n) is 10.8. The minimum Gasteiger partial charge on any atom is -0.464 e. The molecule has 3 nitrogen and oxygen atoms in total. The molecule has 0 N–H and O–H groups in total. The van der Waals surface area contributed by atoms with Crippen molar-refractivity contribution in [1.29, 1.82) is 0 Å². The second-order valence-corrected chi connectivity index (χ2v) is 8.78. The molecule has 2 heterocycles. The van der Waals surface area contributed by atoms with Gasteiger partial charge in [0.15, 0.2) is 0 Å². The van der Waals surface area contributed by atoms with Crippen LogP contribution in [0.3, 0.4) is 0 Å². The lowest BCUT2D eigenvalue weighted by molar-refractivity contribution is -0.947. The Morgan fingerprint density at radius 2 is 1.54 bits per heavy atom. The number of quaternary nitrogens is 1. The van der Waals surface area contributed by atoms with E-state index >= 15 is 0 Å². The Morgan fingerprint density at radius 1 is 0.929 bits per heavy atom. The van der Waals surface area contributed by atoms with Crippen LogP contribution >= 0.6 is 0 Å². The molecule has 3 heteroatoms. The van der Waals surface area contributed by atoms with Crippen LogP contribution < -0.4 is 0 Å². The first-order valence-corrected chi connectivity index (χ1v) is 10.8. The maximum Gasteiger partial charge on any atom is 0.317 e. The molecule has 3 atom stereocenters. The van der Waals surface area contributed by atoms with Gasteiger partial charge in [-0.15, -0.1) is 0 Å².